The molecule has 0 bridgehead atoms. The number of para-hydroxylation sites is 1. The van der Waals surface area contributed by atoms with E-state index in [1.165, 1.54) is 12.0 Å². The maximum absolute atomic E-state index is 5.32. The number of nitrogens with zero attached hydrogens (tertiary/aromatic N) is 1. The van der Waals surface area contributed by atoms with Crippen LogP contribution in [0.25, 0.3) is 0 Å². The molecule has 0 unspecified atom stereocenters. The van der Waals surface area contributed by atoms with Gasteiger partial charge in [0, 0.05) is 0 Å². The summed E-state index contributed by atoms with van der Waals surface area (Å²) in [6, 6.07) is 8.21. The Morgan fingerprint density at radius 1 is 1.18 bits per heavy atom. The third-order valence-corrected chi connectivity index (χ3v) is 2.72. The van der Waals surface area contributed by atoms with Crippen LogP contribution in [0.4, 0.5) is 0 Å². The molecule has 3 heteroatoms. The zero-order valence-electron chi connectivity index (χ0n) is 11.2. The van der Waals surface area contributed by atoms with Crippen molar-refractivity contribution in [3.05, 3.63) is 29.8 Å². The molecule has 0 heterocycles. The van der Waals surface area contributed by atoms with E-state index in [0.717, 1.165) is 31.8 Å². The largest absolute Gasteiger partial charge is 0.496 e. The lowest BCUT2D eigenvalue weighted by Gasteiger charge is -2.11. The Hall–Kier alpha value is -1.06. The topological polar surface area (TPSA) is 24.5 Å². The van der Waals surface area contributed by atoms with Gasteiger partial charge in [-0.1, -0.05) is 18.2 Å². The standard InChI is InChI=1S/C14H24N2O/c1-16(2)12-6-10-15-11-9-13-7-4-5-8-14(13)17-3/h4-5,7-8,15H,6,9-12H2,1-3H3. The van der Waals surface area contributed by atoms with Crippen molar-refractivity contribution >= 4 is 0 Å². The quantitative estimate of drug-likeness (QED) is 0.696. The monoisotopic (exact) mass is 236 g/mol. The van der Waals surface area contributed by atoms with Crippen molar-refractivity contribution in [2.45, 2.75) is 12.8 Å². The molecule has 0 spiro atoms. The summed E-state index contributed by atoms with van der Waals surface area (Å²) in [4.78, 5) is 2.21. The second-order valence-electron chi connectivity index (χ2n) is 4.47. The minimum Gasteiger partial charge on any atom is -0.496 e. The number of hydrogen-bond donors (Lipinski definition) is 1. The molecule has 0 atom stereocenters. The Balaban J connectivity index is 2.17. The molecule has 1 rings (SSSR count). The Morgan fingerprint density at radius 2 is 1.94 bits per heavy atom. The first-order valence-corrected chi connectivity index (χ1v) is 6.21. The summed E-state index contributed by atoms with van der Waals surface area (Å²) >= 11 is 0. The maximum Gasteiger partial charge on any atom is 0.122 e. The lowest BCUT2D eigenvalue weighted by molar-refractivity contribution is 0.394. The van der Waals surface area contributed by atoms with Gasteiger partial charge >= 0.3 is 0 Å². The highest BCUT2D eigenvalue weighted by Crippen LogP contribution is 2.17. The second-order valence-corrected chi connectivity index (χ2v) is 4.47. The molecule has 0 aliphatic heterocycles. The summed E-state index contributed by atoms with van der Waals surface area (Å²) < 4.78 is 5.32. The summed E-state index contributed by atoms with van der Waals surface area (Å²) in [5.74, 6) is 0.989. The van der Waals surface area contributed by atoms with Crippen LogP contribution >= 0.6 is 0 Å². The number of rotatable bonds is 8. The minimum atomic E-state index is 0.989. The van der Waals surface area contributed by atoms with Gasteiger partial charge in [-0.2, -0.15) is 0 Å². The summed E-state index contributed by atoms with van der Waals surface area (Å²) in [7, 11) is 5.94. The minimum absolute atomic E-state index is 0.989. The first-order valence-electron chi connectivity index (χ1n) is 6.21. The van der Waals surface area contributed by atoms with Gasteiger partial charge < -0.3 is 15.0 Å². The lowest BCUT2D eigenvalue weighted by atomic mass is 10.1. The van der Waals surface area contributed by atoms with Crippen molar-refractivity contribution in [1.29, 1.82) is 0 Å². The van der Waals surface area contributed by atoms with Crippen molar-refractivity contribution in [3.63, 3.8) is 0 Å². The summed E-state index contributed by atoms with van der Waals surface area (Å²) in [6.45, 7) is 3.22. The van der Waals surface area contributed by atoms with Gasteiger partial charge in [0.1, 0.15) is 5.75 Å². The number of benzene rings is 1. The Labute approximate surface area is 105 Å². The van der Waals surface area contributed by atoms with Gasteiger partial charge in [-0.25, -0.2) is 0 Å². The van der Waals surface area contributed by atoms with E-state index in [9.17, 15) is 0 Å². The molecule has 1 aromatic carbocycles. The molecule has 0 aromatic heterocycles. The average Bonchev–Trinajstić information content (AvgIpc) is 2.33. The summed E-state index contributed by atoms with van der Waals surface area (Å²) in [6.07, 6.45) is 2.21. The van der Waals surface area contributed by atoms with Gasteiger partial charge in [-0.05, 0) is 58.2 Å². The van der Waals surface area contributed by atoms with Crippen LogP contribution in [0.3, 0.4) is 0 Å². The van der Waals surface area contributed by atoms with Gasteiger partial charge in [0.2, 0.25) is 0 Å². The molecule has 0 aliphatic rings. The third-order valence-electron chi connectivity index (χ3n) is 2.72. The van der Waals surface area contributed by atoms with Crippen molar-refractivity contribution in [2.75, 3.05) is 40.8 Å². The fourth-order valence-electron chi connectivity index (χ4n) is 1.78. The molecule has 3 nitrogen and oxygen atoms in total. The van der Waals surface area contributed by atoms with Crippen LogP contribution in [0.15, 0.2) is 24.3 Å². The molecule has 0 saturated carbocycles. The van der Waals surface area contributed by atoms with E-state index in [2.05, 4.69) is 36.4 Å². The normalized spacial score (nSPS) is 10.8. The predicted octanol–water partition coefficient (Wildman–Crippen LogP) is 1.78. The number of hydrogen-bond acceptors (Lipinski definition) is 3. The van der Waals surface area contributed by atoms with Crippen molar-refractivity contribution in [3.8, 4) is 5.75 Å². The first-order chi connectivity index (χ1) is 8.24. The Bertz CT molecular complexity index is 313. The smallest absolute Gasteiger partial charge is 0.122 e. The molecule has 0 radical (unpaired) electrons. The lowest BCUT2D eigenvalue weighted by Crippen LogP contribution is -2.23. The van der Waals surface area contributed by atoms with Crippen molar-refractivity contribution in [2.24, 2.45) is 0 Å². The number of ether oxygens (including phenoxy) is 1. The number of nitrogens with one attached hydrogen (secondary N) is 1. The fraction of sp³-hybridized carbons (Fsp3) is 0.571. The molecule has 0 aliphatic carbocycles. The Kier molecular flexibility index (Phi) is 6.67. The maximum atomic E-state index is 5.32. The molecule has 0 fully saturated rings. The van der Waals surface area contributed by atoms with Gasteiger partial charge in [0.05, 0.1) is 7.11 Å². The zero-order chi connectivity index (χ0) is 12.5. The highest BCUT2D eigenvalue weighted by molar-refractivity contribution is 5.33. The van der Waals surface area contributed by atoms with Crippen LogP contribution in [0.2, 0.25) is 0 Å². The van der Waals surface area contributed by atoms with Crippen LogP contribution in [0.5, 0.6) is 5.75 Å². The van der Waals surface area contributed by atoms with Crippen LogP contribution in [0.1, 0.15) is 12.0 Å². The summed E-state index contributed by atoms with van der Waals surface area (Å²) in [5.41, 5.74) is 1.27. The van der Waals surface area contributed by atoms with E-state index in [0.29, 0.717) is 0 Å². The predicted molar refractivity (Wildman–Crippen MR) is 72.7 cm³/mol. The van der Waals surface area contributed by atoms with E-state index in [4.69, 9.17) is 4.74 Å². The molecular weight excluding hydrogens is 212 g/mol. The van der Waals surface area contributed by atoms with Gasteiger partial charge in [0.25, 0.3) is 0 Å². The van der Waals surface area contributed by atoms with Crippen LogP contribution in [-0.2, 0) is 6.42 Å². The molecule has 0 saturated heterocycles. The third kappa shape index (κ3) is 5.71. The van der Waals surface area contributed by atoms with Gasteiger partial charge in [-0.3, -0.25) is 0 Å². The molecule has 1 aromatic rings. The van der Waals surface area contributed by atoms with Gasteiger partial charge in [0.15, 0.2) is 0 Å². The highest BCUT2D eigenvalue weighted by atomic mass is 16.5. The second kappa shape index (κ2) is 8.09. The highest BCUT2D eigenvalue weighted by Gasteiger charge is 2.00. The first kappa shape index (κ1) is 14.0. The summed E-state index contributed by atoms with van der Waals surface area (Å²) in [5, 5.41) is 3.46. The van der Waals surface area contributed by atoms with E-state index in [1.807, 2.05) is 12.1 Å². The van der Waals surface area contributed by atoms with E-state index in [1.54, 1.807) is 7.11 Å². The van der Waals surface area contributed by atoms with E-state index < -0.39 is 0 Å². The zero-order valence-corrected chi connectivity index (χ0v) is 11.2. The van der Waals surface area contributed by atoms with Crippen LogP contribution in [0, 0.1) is 0 Å². The Morgan fingerprint density at radius 3 is 2.65 bits per heavy atom. The molecule has 0 amide bonds. The average molecular weight is 236 g/mol. The van der Waals surface area contributed by atoms with Crippen molar-refractivity contribution < 1.29 is 4.74 Å². The fourth-order valence-corrected chi connectivity index (χ4v) is 1.78. The molecule has 96 valence electrons. The van der Waals surface area contributed by atoms with Crippen LogP contribution < -0.4 is 10.1 Å². The van der Waals surface area contributed by atoms with Crippen molar-refractivity contribution in [1.82, 2.24) is 10.2 Å². The molecule has 17 heavy (non-hydrogen) atoms. The van der Waals surface area contributed by atoms with Crippen LogP contribution in [-0.4, -0.2) is 45.7 Å². The SMILES string of the molecule is COc1ccccc1CCNCCCN(C)C. The van der Waals surface area contributed by atoms with E-state index in [-0.39, 0.29) is 0 Å². The molecule has 1 N–H and O–H groups in total. The van der Waals surface area contributed by atoms with Gasteiger partial charge in [-0.15, -0.1) is 0 Å². The number of methoxy groups -OCH3 is 1. The molecular formula is C14H24N2O. The van der Waals surface area contributed by atoms with E-state index >= 15 is 0 Å².